The molecule has 1 N–H and O–H groups in total. The van der Waals surface area contributed by atoms with E-state index in [4.69, 9.17) is 0 Å². The van der Waals surface area contributed by atoms with E-state index in [9.17, 15) is 0 Å². The Morgan fingerprint density at radius 2 is 1.88 bits per heavy atom. The molecule has 1 aliphatic heterocycles. The Bertz CT molecular complexity index is 203. The fourth-order valence-electron chi connectivity index (χ4n) is 3.16. The van der Waals surface area contributed by atoms with E-state index >= 15 is 0 Å². The van der Waals surface area contributed by atoms with Gasteiger partial charge < -0.3 is 5.32 Å². The van der Waals surface area contributed by atoms with E-state index in [1.807, 2.05) is 0 Å². The smallest absolute Gasteiger partial charge is 0.0223 e. The normalized spacial score (nSPS) is 27.9. The van der Waals surface area contributed by atoms with Crippen molar-refractivity contribution in [2.45, 2.75) is 78.4 Å². The molecule has 2 heteroatoms. The third kappa shape index (κ3) is 4.26. The van der Waals surface area contributed by atoms with E-state index in [-0.39, 0.29) is 0 Å². The van der Waals surface area contributed by atoms with Crippen molar-refractivity contribution in [3.8, 4) is 0 Å². The summed E-state index contributed by atoms with van der Waals surface area (Å²) in [6.45, 7) is 13.9. The molecule has 3 unspecified atom stereocenters. The highest BCUT2D eigenvalue weighted by atomic mass is 15.2. The van der Waals surface area contributed by atoms with Crippen LogP contribution in [0.2, 0.25) is 0 Å². The molecule has 0 aliphatic carbocycles. The molecule has 0 aromatic heterocycles. The van der Waals surface area contributed by atoms with E-state index in [0.29, 0.717) is 0 Å². The maximum atomic E-state index is 3.64. The standard InChI is InChI=1S/C15H32N2/c1-6-14-9-8-13(5)17(14)15(7-2)11-16-10-12(3)4/h12-16H,6-11H2,1-5H3. The summed E-state index contributed by atoms with van der Waals surface area (Å²) in [4.78, 5) is 2.79. The van der Waals surface area contributed by atoms with Gasteiger partial charge in [0, 0.05) is 24.7 Å². The molecule has 0 aromatic carbocycles. The van der Waals surface area contributed by atoms with Crippen LogP contribution in [0.4, 0.5) is 0 Å². The number of hydrogen-bond donors (Lipinski definition) is 1. The summed E-state index contributed by atoms with van der Waals surface area (Å²) >= 11 is 0. The average Bonchev–Trinajstić information content (AvgIpc) is 2.66. The molecule has 1 saturated heterocycles. The van der Waals surface area contributed by atoms with E-state index in [2.05, 4.69) is 44.8 Å². The maximum Gasteiger partial charge on any atom is 0.0223 e. The second-order valence-electron chi connectivity index (χ2n) is 6.05. The van der Waals surface area contributed by atoms with Crippen LogP contribution in [-0.2, 0) is 0 Å². The molecule has 1 fully saturated rings. The SMILES string of the molecule is CCC1CCC(C)N1C(CC)CNCC(C)C. The van der Waals surface area contributed by atoms with E-state index in [0.717, 1.165) is 37.1 Å². The summed E-state index contributed by atoms with van der Waals surface area (Å²) in [5, 5.41) is 3.64. The summed E-state index contributed by atoms with van der Waals surface area (Å²) in [6.07, 6.45) is 5.37. The van der Waals surface area contributed by atoms with Crippen LogP contribution in [0.25, 0.3) is 0 Å². The minimum absolute atomic E-state index is 0.733. The lowest BCUT2D eigenvalue weighted by atomic mass is 10.1. The molecule has 0 aromatic rings. The Kier molecular flexibility index (Phi) is 6.50. The van der Waals surface area contributed by atoms with Crippen LogP contribution in [0.15, 0.2) is 0 Å². The summed E-state index contributed by atoms with van der Waals surface area (Å²) in [7, 11) is 0. The van der Waals surface area contributed by atoms with Crippen LogP contribution in [0.5, 0.6) is 0 Å². The van der Waals surface area contributed by atoms with Gasteiger partial charge in [0.05, 0.1) is 0 Å². The van der Waals surface area contributed by atoms with Crippen LogP contribution in [0.3, 0.4) is 0 Å². The van der Waals surface area contributed by atoms with Gasteiger partial charge in [0.1, 0.15) is 0 Å². The van der Waals surface area contributed by atoms with Crippen LogP contribution in [0.1, 0.15) is 60.3 Å². The molecule has 1 heterocycles. The molecule has 0 bridgehead atoms. The van der Waals surface area contributed by atoms with E-state index in [1.54, 1.807) is 0 Å². The van der Waals surface area contributed by atoms with Crippen LogP contribution in [0, 0.1) is 5.92 Å². The molecular weight excluding hydrogens is 208 g/mol. The minimum atomic E-state index is 0.733. The number of hydrogen-bond acceptors (Lipinski definition) is 2. The molecule has 0 spiro atoms. The number of rotatable bonds is 7. The maximum absolute atomic E-state index is 3.64. The lowest BCUT2D eigenvalue weighted by molar-refractivity contribution is 0.126. The third-order valence-corrected chi connectivity index (χ3v) is 4.14. The van der Waals surface area contributed by atoms with E-state index < -0.39 is 0 Å². The predicted molar refractivity (Wildman–Crippen MR) is 76.4 cm³/mol. The predicted octanol–water partition coefficient (Wildman–Crippen LogP) is 3.27. The van der Waals surface area contributed by atoms with Gasteiger partial charge in [0.25, 0.3) is 0 Å². The fraction of sp³-hybridized carbons (Fsp3) is 1.00. The lowest BCUT2D eigenvalue weighted by Gasteiger charge is -2.36. The highest BCUT2D eigenvalue weighted by Gasteiger charge is 2.33. The Hall–Kier alpha value is -0.0800. The van der Waals surface area contributed by atoms with Gasteiger partial charge in [0.2, 0.25) is 0 Å². The minimum Gasteiger partial charge on any atom is -0.315 e. The largest absolute Gasteiger partial charge is 0.315 e. The van der Waals surface area contributed by atoms with Gasteiger partial charge in [-0.15, -0.1) is 0 Å². The molecular formula is C15H32N2. The number of likely N-dealkylation sites (tertiary alicyclic amines) is 1. The molecule has 2 nitrogen and oxygen atoms in total. The van der Waals surface area contributed by atoms with Crippen LogP contribution >= 0.6 is 0 Å². The lowest BCUT2D eigenvalue weighted by Crippen LogP contribution is -2.48. The summed E-state index contributed by atoms with van der Waals surface area (Å²) < 4.78 is 0. The van der Waals surface area contributed by atoms with Gasteiger partial charge >= 0.3 is 0 Å². The first-order valence-corrected chi connectivity index (χ1v) is 7.58. The van der Waals surface area contributed by atoms with E-state index in [1.165, 1.54) is 25.7 Å². The van der Waals surface area contributed by atoms with Gasteiger partial charge in [-0.2, -0.15) is 0 Å². The Morgan fingerprint density at radius 3 is 2.41 bits per heavy atom. The molecule has 102 valence electrons. The number of nitrogens with one attached hydrogen (secondary N) is 1. The molecule has 17 heavy (non-hydrogen) atoms. The van der Waals surface area contributed by atoms with Crippen molar-refractivity contribution in [3.63, 3.8) is 0 Å². The van der Waals surface area contributed by atoms with Crippen molar-refractivity contribution >= 4 is 0 Å². The monoisotopic (exact) mass is 240 g/mol. The summed E-state index contributed by atoms with van der Waals surface area (Å²) in [5.74, 6) is 0.755. The summed E-state index contributed by atoms with van der Waals surface area (Å²) in [6, 6.07) is 2.35. The number of nitrogens with zero attached hydrogens (tertiary/aromatic N) is 1. The Labute approximate surface area is 108 Å². The van der Waals surface area contributed by atoms with Gasteiger partial charge in [-0.05, 0) is 45.1 Å². The van der Waals surface area contributed by atoms with Crippen LogP contribution < -0.4 is 5.32 Å². The quantitative estimate of drug-likeness (QED) is 0.735. The topological polar surface area (TPSA) is 15.3 Å². The van der Waals surface area contributed by atoms with Crippen molar-refractivity contribution in [1.29, 1.82) is 0 Å². The second kappa shape index (κ2) is 7.38. The van der Waals surface area contributed by atoms with Crippen molar-refractivity contribution < 1.29 is 0 Å². The van der Waals surface area contributed by atoms with Crippen molar-refractivity contribution in [2.24, 2.45) is 5.92 Å². The Morgan fingerprint density at radius 1 is 1.18 bits per heavy atom. The molecule has 1 rings (SSSR count). The van der Waals surface area contributed by atoms with Crippen molar-refractivity contribution in [1.82, 2.24) is 10.2 Å². The molecule has 0 saturated carbocycles. The third-order valence-electron chi connectivity index (χ3n) is 4.14. The molecule has 0 amide bonds. The van der Waals surface area contributed by atoms with Gasteiger partial charge in [-0.1, -0.05) is 27.7 Å². The molecule has 1 aliphatic rings. The van der Waals surface area contributed by atoms with Crippen LogP contribution in [-0.4, -0.2) is 36.1 Å². The highest BCUT2D eigenvalue weighted by molar-refractivity contribution is 4.89. The zero-order valence-electron chi connectivity index (χ0n) is 12.5. The van der Waals surface area contributed by atoms with Gasteiger partial charge in [-0.3, -0.25) is 4.90 Å². The first kappa shape index (κ1) is 15.0. The average molecular weight is 240 g/mol. The Balaban J connectivity index is 2.47. The fourth-order valence-corrected chi connectivity index (χ4v) is 3.16. The zero-order chi connectivity index (χ0) is 12.8. The second-order valence-corrected chi connectivity index (χ2v) is 6.05. The van der Waals surface area contributed by atoms with Crippen molar-refractivity contribution in [2.75, 3.05) is 13.1 Å². The van der Waals surface area contributed by atoms with Gasteiger partial charge in [0.15, 0.2) is 0 Å². The molecule has 0 radical (unpaired) electrons. The molecule has 3 atom stereocenters. The highest BCUT2D eigenvalue weighted by Crippen LogP contribution is 2.29. The summed E-state index contributed by atoms with van der Waals surface area (Å²) in [5.41, 5.74) is 0. The van der Waals surface area contributed by atoms with Gasteiger partial charge in [-0.25, -0.2) is 0 Å². The zero-order valence-corrected chi connectivity index (χ0v) is 12.5. The van der Waals surface area contributed by atoms with Crippen molar-refractivity contribution in [3.05, 3.63) is 0 Å². The first-order chi connectivity index (χ1) is 8.10. The first-order valence-electron chi connectivity index (χ1n) is 7.58.